The number of hydrogen-bond acceptors (Lipinski definition) is 9. The first-order valence-corrected chi connectivity index (χ1v) is 14.2. The number of piperazine rings is 1. The number of carbonyl (C=O) groups is 4. The van der Waals surface area contributed by atoms with Gasteiger partial charge in [-0.3, -0.25) is 9.80 Å². The summed E-state index contributed by atoms with van der Waals surface area (Å²) in [4.78, 5) is 51.3. The molecule has 1 aliphatic heterocycles. The Morgan fingerprint density at radius 3 is 1.80 bits per heavy atom. The van der Waals surface area contributed by atoms with Crippen molar-refractivity contribution in [3.05, 3.63) is 89.7 Å². The summed E-state index contributed by atoms with van der Waals surface area (Å²) < 4.78 is 3.53. The summed E-state index contributed by atoms with van der Waals surface area (Å²) in [6.45, 7) is 6.08. The van der Waals surface area contributed by atoms with Gasteiger partial charge >= 0.3 is 23.9 Å². The van der Waals surface area contributed by atoms with Crippen LogP contribution in [0.25, 0.3) is 27.1 Å². The van der Waals surface area contributed by atoms with Crippen LogP contribution in [0.4, 0.5) is 0 Å². The number of carboxylic acids is 4. The van der Waals surface area contributed by atoms with Crippen LogP contribution in [0.2, 0.25) is 0 Å². The number of hydrogen-bond donors (Lipinski definition) is 4. The molecule has 13 nitrogen and oxygen atoms in total. The topological polar surface area (TPSA) is 186 Å². The smallest absolute Gasteiger partial charge is 0.414 e. The van der Waals surface area contributed by atoms with Crippen molar-refractivity contribution in [2.24, 2.45) is 0 Å². The molecule has 14 heteroatoms. The number of aliphatic carboxylic acids is 4. The zero-order chi connectivity index (χ0) is 31.6. The summed E-state index contributed by atoms with van der Waals surface area (Å²) in [7, 11) is 0. The van der Waals surface area contributed by atoms with Gasteiger partial charge in [0.1, 0.15) is 10.7 Å². The Balaban J connectivity index is 0.000000315. The molecule has 44 heavy (non-hydrogen) atoms. The van der Waals surface area contributed by atoms with E-state index in [-0.39, 0.29) is 0 Å². The van der Waals surface area contributed by atoms with Gasteiger partial charge in [-0.05, 0) is 24.3 Å². The van der Waals surface area contributed by atoms with Gasteiger partial charge in [-0.2, -0.15) is 0 Å². The van der Waals surface area contributed by atoms with E-state index in [1.807, 2.05) is 11.3 Å². The highest BCUT2D eigenvalue weighted by Gasteiger charge is 2.22. The number of benzene rings is 2. The number of aromatic nitrogens is 3. The van der Waals surface area contributed by atoms with Crippen molar-refractivity contribution in [1.29, 1.82) is 0 Å². The lowest BCUT2D eigenvalue weighted by Crippen LogP contribution is -2.45. The predicted octanol–water partition coefficient (Wildman–Crippen LogP) is 3.24. The third-order valence-corrected chi connectivity index (χ3v) is 7.60. The summed E-state index contributed by atoms with van der Waals surface area (Å²) in [5, 5.41) is 30.8. The fraction of sp³-hybridized carbons (Fsp3) is 0.200. The fourth-order valence-electron chi connectivity index (χ4n) is 4.52. The zero-order valence-electron chi connectivity index (χ0n) is 23.3. The molecule has 1 fully saturated rings. The van der Waals surface area contributed by atoms with Gasteiger partial charge in [-0.15, -0.1) is 11.3 Å². The second kappa shape index (κ2) is 14.8. The SMILES string of the molecule is O=C(O)C(=O)O.O=C(O)C(=O)O.c1ccc(-c2nc3ccccn3c2CN2CCN(Cc3nc4ccccc4s3)CC2)cc1. The maximum absolute atomic E-state index is 9.10. The van der Waals surface area contributed by atoms with Crippen LogP contribution < -0.4 is 0 Å². The largest absolute Gasteiger partial charge is 0.473 e. The van der Waals surface area contributed by atoms with Crippen LogP contribution in [-0.2, 0) is 32.3 Å². The van der Waals surface area contributed by atoms with Crippen LogP contribution in [0.3, 0.4) is 0 Å². The Kier molecular flexibility index (Phi) is 10.7. The molecule has 5 aromatic rings. The molecule has 0 aliphatic carbocycles. The van der Waals surface area contributed by atoms with Crippen molar-refractivity contribution in [2.45, 2.75) is 13.1 Å². The average Bonchev–Trinajstić information content (AvgIpc) is 3.60. The molecule has 228 valence electrons. The molecule has 4 N–H and O–H groups in total. The van der Waals surface area contributed by atoms with Gasteiger partial charge in [0, 0.05) is 44.5 Å². The van der Waals surface area contributed by atoms with Gasteiger partial charge < -0.3 is 24.8 Å². The summed E-state index contributed by atoms with van der Waals surface area (Å²) in [5.41, 5.74) is 5.67. The van der Waals surface area contributed by atoms with E-state index in [1.54, 1.807) is 0 Å². The first-order valence-electron chi connectivity index (χ1n) is 13.4. The zero-order valence-corrected chi connectivity index (χ0v) is 24.1. The van der Waals surface area contributed by atoms with E-state index in [2.05, 4.69) is 93.2 Å². The summed E-state index contributed by atoms with van der Waals surface area (Å²) in [5.74, 6) is -7.30. The Morgan fingerprint density at radius 1 is 0.659 bits per heavy atom. The van der Waals surface area contributed by atoms with Gasteiger partial charge in [0.05, 0.1) is 28.1 Å². The monoisotopic (exact) mass is 619 g/mol. The van der Waals surface area contributed by atoms with Crippen molar-refractivity contribution < 1.29 is 39.6 Å². The lowest BCUT2D eigenvalue weighted by molar-refractivity contribution is -0.159. The Hall–Kier alpha value is -5.18. The number of rotatable bonds is 5. The molecule has 0 bridgehead atoms. The van der Waals surface area contributed by atoms with Crippen molar-refractivity contribution in [3.63, 3.8) is 0 Å². The number of pyridine rings is 1. The third-order valence-electron chi connectivity index (χ3n) is 6.58. The summed E-state index contributed by atoms with van der Waals surface area (Å²) in [6, 6.07) is 25.2. The highest BCUT2D eigenvalue weighted by molar-refractivity contribution is 7.18. The van der Waals surface area contributed by atoms with Crippen molar-refractivity contribution in [1.82, 2.24) is 24.2 Å². The molecule has 0 unspecified atom stereocenters. The maximum atomic E-state index is 9.10. The number of thiazole rings is 1. The Labute approximate surface area is 254 Å². The lowest BCUT2D eigenvalue weighted by atomic mass is 10.1. The molecule has 3 aromatic heterocycles. The number of imidazole rings is 1. The number of nitrogens with zero attached hydrogens (tertiary/aromatic N) is 5. The highest BCUT2D eigenvalue weighted by atomic mass is 32.1. The van der Waals surface area contributed by atoms with Crippen molar-refractivity contribution >= 4 is 51.1 Å². The fourth-order valence-corrected chi connectivity index (χ4v) is 5.53. The summed E-state index contributed by atoms with van der Waals surface area (Å²) in [6.07, 6.45) is 2.13. The maximum Gasteiger partial charge on any atom is 0.414 e. The van der Waals surface area contributed by atoms with Gasteiger partial charge in [0.2, 0.25) is 0 Å². The van der Waals surface area contributed by atoms with E-state index in [0.717, 1.165) is 56.1 Å². The number of fused-ring (bicyclic) bond motifs is 2. The first-order chi connectivity index (χ1) is 21.1. The van der Waals surface area contributed by atoms with E-state index in [9.17, 15) is 0 Å². The van der Waals surface area contributed by atoms with E-state index in [0.29, 0.717) is 0 Å². The Morgan fingerprint density at radius 2 is 1.20 bits per heavy atom. The minimum Gasteiger partial charge on any atom is -0.473 e. The number of carboxylic acid groups (broad SMARTS) is 4. The van der Waals surface area contributed by atoms with Crippen LogP contribution >= 0.6 is 11.3 Å². The molecule has 1 saturated heterocycles. The molecule has 0 saturated carbocycles. The number of para-hydroxylation sites is 1. The molecule has 4 heterocycles. The molecular formula is C30H29N5O8S. The second-order valence-electron chi connectivity index (χ2n) is 9.55. The lowest BCUT2D eigenvalue weighted by Gasteiger charge is -2.34. The van der Waals surface area contributed by atoms with E-state index in [4.69, 9.17) is 49.6 Å². The first kappa shape index (κ1) is 31.7. The highest BCUT2D eigenvalue weighted by Crippen LogP contribution is 2.27. The second-order valence-corrected chi connectivity index (χ2v) is 10.7. The van der Waals surface area contributed by atoms with Crippen LogP contribution in [-0.4, -0.2) is 94.7 Å². The quantitative estimate of drug-likeness (QED) is 0.211. The average molecular weight is 620 g/mol. The third kappa shape index (κ3) is 8.44. The van der Waals surface area contributed by atoms with E-state index in [1.165, 1.54) is 21.0 Å². The van der Waals surface area contributed by atoms with Gasteiger partial charge in [-0.1, -0.05) is 48.5 Å². The standard InChI is InChI=1S/C26H25N5S.2C2H2O4/c1-2-8-20(9-3-1)26-22(31-13-7-6-12-24(31)28-26)18-29-14-16-30(17-15-29)19-25-27-21-10-4-5-11-23(21)32-25;2*3-1(4)2(5)6/h1-13H,14-19H2;2*(H,3,4)(H,5,6). The molecule has 2 aromatic carbocycles. The van der Waals surface area contributed by atoms with Crippen LogP contribution in [0.15, 0.2) is 79.0 Å². The normalized spacial score (nSPS) is 13.4. The minimum atomic E-state index is -1.82. The summed E-state index contributed by atoms with van der Waals surface area (Å²) >= 11 is 1.82. The molecular weight excluding hydrogens is 590 g/mol. The van der Waals surface area contributed by atoms with Gasteiger partial charge in [0.15, 0.2) is 0 Å². The molecule has 0 spiro atoms. The molecule has 1 aliphatic rings. The van der Waals surface area contributed by atoms with Gasteiger partial charge in [0.25, 0.3) is 0 Å². The van der Waals surface area contributed by atoms with Crippen LogP contribution in [0, 0.1) is 0 Å². The predicted molar refractivity (Wildman–Crippen MR) is 161 cm³/mol. The van der Waals surface area contributed by atoms with E-state index >= 15 is 0 Å². The van der Waals surface area contributed by atoms with Crippen LogP contribution in [0.5, 0.6) is 0 Å². The van der Waals surface area contributed by atoms with Gasteiger partial charge in [-0.25, -0.2) is 29.1 Å². The molecule has 6 rings (SSSR count). The molecule has 0 amide bonds. The van der Waals surface area contributed by atoms with Crippen molar-refractivity contribution in [2.75, 3.05) is 26.2 Å². The van der Waals surface area contributed by atoms with Crippen molar-refractivity contribution in [3.8, 4) is 11.3 Å². The molecule has 0 radical (unpaired) electrons. The van der Waals surface area contributed by atoms with Crippen LogP contribution in [0.1, 0.15) is 10.7 Å². The molecule has 0 atom stereocenters. The van der Waals surface area contributed by atoms with E-state index < -0.39 is 23.9 Å². The minimum absolute atomic E-state index is 0.907. The Bertz CT molecular complexity index is 1680.